The molecule has 1 saturated heterocycles. The van der Waals surface area contributed by atoms with Gasteiger partial charge in [-0.15, -0.1) is 5.10 Å². The highest BCUT2D eigenvalue weighted by Gasteiger charge is 2.37. The maximum absolute atomic E-state index is 13.0. The Morgan fingerprint density at radius 3 is 2.19 bits per heavy atom. The fourth-order valence-electron chi connectivity index (χ4n) is 3.13. The molecule has 32 heavy (non-hydrogen) atoms. The van der Waals surface area contributed by atoms with Gasteiger partial charge in [0.1, 0.15) is 6.33 Å². The van der Waals surface area contributed by atoms with Gasteiger partial charge in [-0.05, 0) is 32.0 Å². The molecule has 1 aromatic heterocycles. The molecule has 2 aromatic rings. The zero-order valence-electron chi connectivity index (χ0n) is 16.8. The van der Waals surface area contributed by atoms with Crippen LogP contribution in [0.5, 0.6) is 0 Å². The van der Waals surface area contributed by atoms with Crippen molar-refractivity contribution in [1.82, 2.24) is 24.8 Å². The first-order valence-electron chi connectivity index (χ1n) is 9.30. The van der Waals surface area contributed by atoms with E-state index >= 15 is 0 Å². The summed E-state index contributed by atoms with van der Waals surface area (Å²) in [7, 11) is 0. The van der Waals surface area contributed by atoms with Gasteiger partial charge in [-0.25, -0.2) is 19.7 Å². The topological polar surface area (TPSA) is 71.3 Å². The smallest absolute Gasteiger partial charge is 0.273 e. The van der Waals surface area contributed by atoms with E-state index in [2.05, 4.69) is 10.1 Å². The predicted octanol–water partition coefficient (Wildman–Crippen LogP) is 3.84. The molecule has 1 aliphatic heterocycles. The highest BCUT2D eigenvalue weighted by Crippen LogP contribution is 2.38. The lowest BCUT2D eigenvalue weighted by Crippen LogP contribution is -2.46. The first-order valence-corrected chi connectivity index (χ1v) is 9.30. The van der Waals surface area contributed by atoms with Gasteiger partial charge in [0.15, 0.2) is 5.82 Å². The fraction of sp³-hybridized carbons (Fsp3) is 0.368. The Bertz CT molecular complexity index is 1020. The maximum atomic E-state index is 13.0. The molecule has 0 atom stereocenters. The number of carbonyl (C=O) groups is 2. The molecule has 1 aromatic carbocycles. The minimum Gasteiger partial charge on any atom is -0.273 e. The van der Waals surface area contributed by atoms with Crippen LogP contribution in [-0.2, 0) is 21.9 Å². The molecule has 7 nitrogen and oxygen atoms in total. The number of hydrogen-bond acceptors (Lipinski definition) is 4. The third-order valence-electron chi connectivity index (χ3n) is 4.52. The van der Waals surface area contributed by atoms with E-state index in [0.29, 0.717) is 12.1 Å². The van der Waals surface area contributed by atoms with Crippen molar-refractivity contribution in [1.29, 1.82) is 0 Å². The molecule has 1 fully saturated rings. The monoisotopic (exact) mass is 461 g/mol. The van der Waals surface area contributed by atoms with Crippen LogP contribution >= 0.6 is 0 Å². The van der Waals surface area contributed by atoms with Crippen molar-refractivity contribution in [3.8, 4) is 11.4 Å². The van der Waals surface area contributed by atoms with Crippen LogP contribution < -0.4 is 0 Å². The van der Waals surface area contributed by atoms with Crippen LogP contribution in [0, 0.1) is 0 Å². The van der Waals surface area contributed by atoms with E-state index in [1.807, 2.05) is 0 Å². The zero-order chi connectivity index (χ0) is 23.8. The first kappa shape index (κ1) is 23.3. The van der Waals surface area contributed by atoms with Gasteiger partial charge in [-0.1, -0.05) is 0 Å². The quantitative estimate of drug-likeness (QED) is 0.513. The summed E-state index contributed by atoms with van der Waals surface area (Å²) in [5, 5.41) is 6.37. The van der Waals surface area contributed by atoms with E-state index in [1.54, 1.807) is 13.8 Å². The van der Waals surface area contributed by atoms with Crippen LogP contribution in [0.25, 0.3) is 17.6 Å². The maximum Gasteiger partial charge on any atom is 0.416 e. The summed E-state index contributed by atoms with van der Waals surface area (Å²) in [6.45, 7) is 3.66. The van der Waals surface area contributed by atoms with Gasteiger partial charge >= 0.3 is 12.4 Å². The number of benzene rings is 1. The lowest BCUT2D eigenvalue weighted by molar-refractivity contribution is -0.153. The molecule has 13 heteroatoms. The molecule has 0 aliphatic carbocycles. The number of halogens is 6. The summed E-state index contributed by atoms with van der Waals surface area (Å²) in [4.78, 5) is 28.0. The Labute approximate surface area is 177 Å². The van der Waals surface area contributed by atoms with Crippen LogP contribution in [-0.4, -0.2) is 49.2 Å². The molecule has 0 N–H and O–H groups in total. The molecule has 0 saturated carbocycles. The predicted molar refractivity (Wildman–Crippen MR) is 99.1 cm³/mol. The van der Waals surface area contributed by atoms with E-state index in [4.69, 9.17) is 0 Å². The van der Waals surface area contributed by atoms with Crippen molar-refractivity contribution >= 4 is 18.0 Å². The molecule has 172 valence electrons. The Morgan fingerprint density at radius 1 is 1.06 bits per heavy atom. The molecule has 0 unspecified atom stereocenters. The van der Waals surface area contributed by atoms with Crippen LogP contribution in [0.3, 0.4) is 0 Å². The van der Waals surface area contributed by atoms with E-state index in [0.717, 1.165) is 23.3 Å². The lowest BCUT2D eigenvalue weighted by Gasteiger charge is -2.30. The molecular weight excluding hydrogens is 444 g/mol. The first-order chi connectivity index (χ1) is 14.8. The molecular formula is C19H17F6N5O2. The summed E-state index contributed by atoms with van der Waals surface area (Å²) in [5.41, 5.74) is -3.46. The lowest BCUT2D eigenvalue weighted by atomic mass is 10.0. The van der Waals surface area contributed by atoms with Crippen molar-refractivity contribution in [2.24, 2.45) is 0 Å². The summed E-state index contributed by atoms with van der Waals surface area (Å²) < 4.78 is 79.2. The van der Waals surface area contributed by atoms with Gasteiger partial charge in [-0.3, -0.25) is 9.59 Å². The average Bonchev–Trinajstić information content (AvgIpc) is 3.31. The van der Waals surface area contributed by atoms with Gasteiger partial charge in [0.25, 0.3) is 5.91 Å². The number of alkyl halides is 6. The Balaban J connectivity index is 1.86. The highest BCUT2D eigenvalue weighted by atomic mass is 19.4. The number of hydrogen-bond donors (Lipinski definition) is 0. The van der Waals surface area contributed by atoms with Crippen molar-refractivity contribution < 1.29 is 35.9 Å². The van der Waals surface area contributed by atoms with Gasteiger partial charge in [-0.2, -0.15) is 26.3 Å². The summed E-state index contributed by atoms with van der Waals surface area (Å²) >= 11 is 0. The average molecular weight is 461 g/mol. The van der Waals surface area contributed by atoms with E-state index < -0.39 is 35.0 Å². The van der Waals surface area contributed by atoms with Crippen molar-refractivity contribution in [2.75, 3.05) is 6.54 Å². The number of rotatable bonds is 4. The number of aromatic nitrogens is 3. The third-order valence-corrected chi connectivity index (χ3v) is 4.52. The van der Waals surface area contributed by atoms with Crippen LogP contribution in [0.2, 0.25) is 0 Å². The van der Waals surface area contributed by atoms with E-state index in [-0.39, 0.29) is 36.8 Å². The minimum atomic E-state index is -5.00. The Kier molecular flexibility index (Phi) is 6.03. The van der Waals surface area contributed by atoms with Gasteiger partial charge in [0, 0.05) is 30.3 Å². The second-order valence-corrected chi connectivity index (χ2v) is 7.20. The van der Waals surface area contributed by atoms with Crippen molar-refractivity contribution in [3.05, 3.63) is 41.7 Å². The molecule has 0 radical (unpaired) electrons. The molecule has 2 amide bonds. The van der Waals surface area contributed by atoms with Crippen LogP contribution in [0.1, 0.15) is 31.4 Å². The second kappa shape index (κ2) is 8.28. The van der Waals surface area contributed by atoms with Gasteiger partial charge < -0.3 is 0 Å². The zero-order valence-corrected chi connectivity index (χ0v) is 16.8. The van der Waals surface area contributed by atoms with Gasteiger partial charge in [0.05, 0.1) is 17.7 Å². The van der Waals surface area contributed by atoms with Crippen molar-refractivity contribution in [2.45, 2.75) is 38.7 Å². The van der Waals surface area contributed by atoms with Crippen LogP contribution in [0.15, 0.2) is 30.6 Å². The van der Waals surface area contributed by atoms with Gasteiger partial charge in [0.2, 0.25) is 5.91 Å². The third kappa shape index (κ3) is 4.92. The van der Waals surface area contributed by atoms with Crippen LogP contribution in [0.4, 0.5) is 26.3 Å². The molecule has 3 rings (SSSR count). The second-order valence-electron chi connectivity index (χ2n) is 7.20. The normalized spacial score (nSPS) is 15.5. The summed E-state index contributed by atoms with van der Waals surface area (Å²) in [5.74, 6) is -1.14. The van der Waals surface area contributed by atoms with E-state index in [1.165, 1.54) is 10.0 Å². The van der Waals surface area contributed by atoms with E-state index in [9.17, 15) is 35.9 Å². The SMILES string of the molecule is CC(C)N1C(=O)CCN1C(=O)C=Cn1cnc(-c2cc(C(F)(F)F)cc(C(F)(F)F)c2)n1. The fourth-order valence-corrected chi connectivity index (χ4v) is 3.13. The number of hydrazine groups is 1. The summed E-state index contributed by atoms with van der Waals surface area (Å²) in [6.07, 6.45) is -6.59. The Morgan fingerprint density at radius 2 is 1.66 bits per heavy atom. The van der Waals surface area contributed by atoms with Crippen molar-refractivity contribution in [3.63, 3.8) is 0 Å². The molecule has 0 spiro atoms. The molecule has 2 heterocycles. The highest BCUT2D eigenvalue weighted by molar-refractivity contribution is 5.93. The molecule has 0 bridgehead atoms. The largest absolute Gasteiger partial charge is 0.416 e. The minimum absolute atomic E-state index is 0.0108. The number of nitrogens with zero attached hydrogens (tertiary/aromatic N) is 5. The standard InChI is InChI=1S/C19H17F6N5O2/c1-11(2)30-16(32)4-6-29(30)15(31)3-5-28-10-26-17(27-28)12-7-13(18(20,21)22)9-14(8-12)19(23,24)25/h3,5,7-11H,4,6H2,1-2H3. The number of carbonyl (C=O) groups excluding carboxylic acids is 2. The Hall–Kier alpha value is -3.38. The molecule has 1 aliphatic rings. The summed E-state index contributed by atoms with van der Waals surface area (Å²) in [6, 6.07) is 0.793. The number of amides is 2.